The van der Waals surface area contributed by atoms with Crippen molar-refractivity contribution in [2.75, 3.05) is 5.32 Å². The molecule has 0 bridgehead atoms. The molecule has 7 heteroatoms. The number of carbonyl (C=O) groups excluding carboxylic acids is 2. The van der Waals surface area contributed by atoms with Crippen LogP contribution in [0.25, 0.3) is 28.1 Å². The number of esters is 1. The average molecular weight is 506 g/mol. The van der Waals surface area contributed by atoms with Gasteiger partial charge in [-0.3, -0.25) is 9.59 Å². The van der Waals surface area contributed by atoms with Crippen LogP contribution in [-0.4, -0.2) is 21.7 Å². The van der Waals surface area contributed by atoms with Crippen LogP contribution in [0.3, 0.4) is 0 Å². The molecule has 0 aliphatic heterocycles. The zero-order valence-corrected chi connectivity index (χ0v) is 20.8. The molecule has 0 radical (unpaired) electrons. The number of nitrogens with one attached hydrogen (secondary N) is 1. The summed E-state index contributed by atoms with van der Waals surface area (Å²) in [4.78, 5) is 24.8. The third kappa shape index (κ3) is 4.95. The fourth-order valence-electron chi connectivity index (χ4n) is 4.21. The molecule has 5 rings (SSSR count). The summed E-state index contributed by atoms with van der Waals surface area (Å²) < 4.78 is 22.3. The predicted molar refractivity (Wildman–Crippen MR) is 145 cm³/mol. The van der Waals surface area contributed by atoms with Crippen LogP contribution < -0.4 is 10.1 Å². The topological polar surface area (TPSA) is 73.2 Å². The third-order valence-corrected chi connectivity index (χ3v) is 6.02. The summed E-state index contributed by atoms with van der Waals surface area (Å²) in [6, 6.07) is 29.8. The molecule has 0 aliphatic carbocycles. The lowest BCUT2D eigenvalue weighted by Crippen LogP contribution is -2.11. The minimum atomic E-state index is -0.534. The van der Waals surface area contributed by atoms with Gasteiger partial charge in [0.05, 0.1) is 11.3 Å². The van der Waals surface area contributed by atoms with Gasteiger partial charge in [-0.15, -0.1) is 0 Å². The smallest absolute Gasteiger partial charge is 0.309 e. The lowest BCUT2D eigenvalue weighted by molar-refractivity contribution is -0.132. The maximum Gasteiger partial charge on any atom is 0.309 e. The van der Waals surface area contributed by atoms with E-state index in [2.05, 4.69) is 5.32 Å². The van der Waals surface area contributed by atoms with Crippen LogP contribution >= 0.6 is 0 Å². The standard InChI is InChI=1S/C31H24FN3O3/c1-20-10-6-9-15-27(20)35-31(38-21(2)36)28(29(34-35)25-13-7-8-14-26(25)32)22-16-18-24(19-17-22)33-30(37)23-11-4-3-5-12-23/h3-19H,1-2H3,(H,33,37). The molecule has 5 aromatic rings. The monoisotopic (exact) mass is 505 g/mol. The van der Waals surface area contributed by atoms with Gasteiger partial charge < -0.3 is 10.1 Å². The van der Waals surface area contributed by atoms with E-state index in [1.165, 1.54) is 17.7 Å². The summed E-state index contributed by atoms with van der Waals surface area (Å²) in [6.45, 7) is 3.23. The molecule has 0 saturated carbocycles. The molecule has 188 valence electrons. The Hall–Kier alpha value is -5.04. The van der Waals surface area contributed by atoms with Gasteiger partial charge in [-0.05, 0) is 60.5 Å². The Morgan fingerprint density at radius 2 is 1.50 bits per heavy atom. The molecule has 4 aromatic carbocycles. The normalized spacial score (nSPS) is 10.7. The number of aryl methyl sites for hydroxylation is 1. The first kappa shape index (κ1) is 24.6. The van der Waals surface area contributed by atoms with Crippen molar-refractivity contribution in [1.82, 2.24) is 9.78 Å². The Bertz CT molecular complexity index is 1630. The number of hydrogen-bond donors (Lipinski definition) is 1. The zero-order chi connectivity index (χ0) is 26.6. The Morgan fingerprint density at radius 1 is 0.842 bits per heavy atom. The van der Waals surface area contributed by atoms with Gasteiger partial charge in [0.1, 0.15) is 11.5 Å². The molecule has 1 aromatic heterocycles. The van der Waals surface area contributed by atoms with Crippen LogP contribution in [-0.2, 0) is 4.79 Å². The number of carbonyl (C=O) groups is 2. The van der Waals surface area contributed by atoms with Gasteiger partial charge in [-0.25, -0.2) is 4.39 Å². The van der Waals surface area contributed by atoms with Crippen LogP contribution in [0.1, 0.15) is 22.8 Å². The predicted octanol–water partition coefficient (Wildman–Crippen LogP) is 6.83. The largest absolute Gasteiger partial charge is 0.407 e. The van der Waals surface area contributed by atoms with Gasteiger partial charge in [0.25, 0.3) is 5.91 Å². The zero-order valence-electron chi connectivity index (χ0n) is 20.8. The minimum absolute atomic E-state index is 0.172. The second kappa shape index (κ2) is 10.5. The Balaban J connectivity index is 1.65. The highest BCUT2D eigenvalue weighted by Crippen LogP contribution is 2.42. The third-order valence-electron chi connectivity index (χ3n) is 6.02. The van der Waals surface area contributed by atoms with Crippen LogP contribution in [0.2, 0.25) is 0 Å². The van der Waals surface area contributed by atoms with E-state index in [9.17, 15) is 9.59 Å². The second-order valence-electron chi connectivity index (χ2n) is 8.70. The molecule has 1 heterocycles. The van der Waals surface area contributed by atoms with E-state index in [0.29, 0.717) is 33.8 Å². The molecule has 0 fully saturated rings. The summed E-state index contributed by atoms with van der Waals surface area (Å²) in [5, 5.41) is 7.61. The highest BCUT2D eigenvalue weighted by Gasteiger charge is 2.26. The van der Waals surface area contributed by atoms with Crippen molar-refractivity contribution in [2.45, 2.75) is 13.8 Å². The van der Waals surface area contributed by atoms with E-state index < -0.39 is 11.8 Å². The first-order valence-corrected chi connectivity index (χ1v) is 12.0. The molecule has 38 heavy (non-hydrogen) atoms. The number of benzene rings is 4. The van der Waals surface area contributed by atoms with Crippen molar-refractivity contribution < 1.29 is 18.7 Å². The van der Waals surface area contributed by atoms with E-state index in [1.807, 2.05) is 37.3 Å². The first-order chi connectivity index (χ1) is 18.4. The lowest BCUT2D eigenvalue weighted by atomic mass is 10.0. The quantitative estimate of drug-likeness (QED) is 0.257. The van der Waals surface area contributed by atoms with Gasteiger partial charge in [0.15, 0.2) is 0 Å². The number of aromatic nitrogens is 2. The second-order valence-corrected chi connectivity index (χ2v) is 8.70. The van der Waals surface area contributed by atoms with Gasteiger partial charge in [-0.1, -0.05) is 60.7 Å². The Kier molecular flexibility index (Phi) is 6.82. The Labute approximate surface area is 219 Å². The van der Waals surface area contributed by atoms with Crippen molar-refractivity contribution >= 4 is 17.6 Å². The number of para-hydroxylation sites is 1. The number of nitrogens with zero attached hydrogens (tertiary/aromatic N) is 2. The fourth-order valence-corrected chi connectivity index (χ4v) is 4.21. The van der Waals surface area contributed by atoms with Crippen LogP contribution in [0.4, 0.5) is 10.1 Å². The number of rotatable bonds is 6. The summed E-state index contributed by atoms with van der Waals surface area (Å²) in [5.41, 5.74) is 4.39. The molecule has 6 nitrogen and oxygen atoms in total. The summed E-state index contributed by atoms with van der Waals surface area (Å²) in [5.74, 6) is -1.05. The number of halogens is 1. The fraction of sp³-hybridized carbons (Fsp3) is 0.0645. The van der Waals surface area contributed by atoms with Crippen LogP contribution in [0, 0.1) is 12.7 Å². The number of anilines is 1. The Morgan fingerprint density at radius 3 is 2.18 bits per heavy atom. The van der Waals surface area contributed by atoms with Crippen molar-refractivity contribution in [3.8, 4) is 34.0 Å². The van der Waals surface area contributed by atoms with E-state index in [1.54, 1.807) is 66.7 Å². The van der Waals surface area contributed by atoms with Gasteiger partial charge in [0, 0.05) is 23.7 Å². The molecule has 0 spiro atoms. The number of hydrogen-bond acceptors (Lipinski definition) is 4. The molecule has 1 N–H and O–H groups in total. The molecular formula is C31H24FN3O3. The van der Waals surface area contributed by atoms with Gasteiger partial charge in [-0.2, -0.15) is 9.78 Å². The molecule has 0 aliphatic rings. The number of amides is 1. The minimum Gasteiger partial charge on any atom is -0.407 e. The van der Waals surface area contributed by atoms with E-state index in [4.69, 9.17) is 9.84 Å². The lowest BCUT2D eigenvalue weighted by Gasteiger charge is -2.12. The maximum absolute atomic E-state index is 15.0. The van der Waals surface area contributed by atoms with Gasteiger partial charge >= 0.3 is 5.97 Å². The SMILES string of the molecule is CC(=O)Oc1c(-c2ccc(NC(=O)c3ccccc3)cc2)c(-c2ccccc2F)nn1-c1ccccc1C. The van der Waals surface area contributed by atoms with Crippen molar-refractivity contribution in [3.63, 3.8) is 0 Å². The van der Waals surface area contributed by atoms with E-state index >= 15 is 4.39 Å². The van der Waals surface area contributed by atoms with Gasteiger partial charge in [0.2, 0.25) is 5.88 Å². The highest BCUT2D eigenvalue weighted by molar-refractivity contribution is 6.04. The highest BCUT2D eigenvalue weighted by atomic mass is 19.1. The summed E-state index contributed by atoms with van der Waals surface area (Å²) in [7, 11) is 0. The molecular weight excluding hydrogens is 481 g/mol. The summed E-state index contributed by atoms with van der Waals surface area (Å²) in [6.07, 6.45) is 0. The van der Waals surface area contributed by atoms with Crippen LogP contribution in [0.15, 0.2) is 103 Å². The molecule has 0 unspecified atom stereocenters. The number of ether oxygens (including phenoxy) is 1. The molecule has 0 atom stereocenters. The van der Waals surface area contributed by atoms with E-state index in [0.717, 1.165) is 5.56 Å². The van der Waals surface area contributed by atoms with Crippen molar-refractivity contribution in [2.24, 2.45) is 0 Å². The molecule has 1 amide bonds. The summed E-state index contributed by atoms with van der Waals surface area (Å²) >= 11 is 0. The molecule has 0 saturated heterocycles. The van der Waals surface area contributed by atoms with Crippen molar-refractivity contribution in [3.05, 3.63) is 120 Å². The van der Waals surface area contributed by atoms with Crippen molar-refractivity contribution in [1.29, 1.82) is 0 Å². The first-order valence-electron chi connectivity index (χ1n) is 12.0. The van der Waals surface area contributed by atoms with Crippen LogP contribution in [0.5, 0.6) is 5.88 Å². The average Bonchev–Trinajstić information content (AvgIpc) is 3.28. The maximum atomic E-state index is 15.0. The van der Waals surface area contributed by atoms with E-state index in [-0.39, 0.29) is 17.4 Å².